The molecule has 2 fully saturated rings. The third-order valence-corrected chi connectivity index (χ3v) is 7.21. The van der Waals surface area contributed by atoms with E-state index in [1.54, 1.807) is 12.3 Å². The average Bonchev–Trinajstić information content (AvgIpc) is 3.29. The molecule has 2 amide bonds. The number of fused-ring (bicyclic) bond motifs is 2. The Balaban J connectivity index is 0.976. The van der Waals surface area contributed by atoms with E-state index in [1.807, 2.05) is 17.0 Å². The summed E-state index contributed by atoms with van der Waals surface area (Å²) in [5.41, 5.74) is 6.98. The van der Waals surface area contributed by atoms with E-state index >= 15 is 0 Å². The van der Waals surface area contributed by atoms with Crippen LogP contribution in [0.25, 0.3) is 10.9 Å². The highest BCUT2D eigenvalue weighted by Crippen LogP contribution is 2.26. The fourth-order valence-corrected chi connectivity index (χ4v) is 5.22. The number of nitrogens with one attached hydrogen (secondary N) is 1. The highest BCUT2D eigenvalue weighted by atomic mass is 16.5. The fraction of sp³-hybridized carbons (Fsp3) is 0.440. The summed E-state index contributed by atoms with van der Waals surface area (Å²) in [5.74, 6) is 2.32. The lowest BCUT2D eigenvalue weighted by atomic mass is 10.00. The molecule has 0 radical (unpaired) electrons. The summed E-state index contributed by atoms with van der Waals surface area (Å²) >= 11 is 0. The number of anilines is 2. The summed E-state index contributed by atoms with van der Waals surface area (Å²) in [5, 5.41) is 4.34. The number of hydrogen-bond acceptors (Lipinski definition) is 8. The van der Waals surface area contributed by atoms with Crippen molar-refractivity contribution in [1.29, 1.82) is 0 Å². The van der Waals surface area contributed by atoms with Crippen LogP contribution in [0.4, 0.5) is 11.8 Å². The summed E-state index contributed by atoms with van der Waals surface area (Å²) in [6.45, 7) is 7.19. The number of amides is 2. The summed E-state index contributed by atoms with van der Waals surface area (Å²) in [7, 11) is 0. The predicted octanol–water partition coefficient (Wildman–Crippen LogP) is 0.615. The third kappa shape index (κ3) is 4.41. The molecule has 2 aromatic heterocycles. The molecule has 5 heterocycles. The molecule has 3 aliphatic rings. The molecule has 3 aromatic rings. The lowest BCUT2D eigenvalue weighted by molar-refractivity contribution is -0.134. The Morgan fingerprint density at radius 2 is 1.97 bits per heavy atom. The van der Waals surface area contributed by atoms with Crippen molar-refractivity contribution in [3.8, 4) is 5.75 Å². The molecule has 3 aliphatic heterocycles. The first-order valence-electron chi connectivity index (χ1n) is 12.4. The number of piperazine rings is 1. The maximum atomic E-state index is 12.9. The van der Waals surface area contributed by atoms with Gasteiger partial charge >= 0.3 is 0 Å². The number of aromatic nitrogens is 3. The zero-order chi connectivity index (χ0) is 24.6. The van der Waals surface area contributed by atoms with Gasteiger partial charge in [0.2, 0.25) is 17.8 Å². The number of benzene rings is 1. The van der Waals surface area contributed by atoms with Crippen LogP contribution in [0.1, 0.15) is 10.4 Å². The van der Waals surface area contributed by atoms with E-state index in [2.05, 4.69) is 41.9 Å². The van der Waals surface area contributed by atoms with Crippen molar-refractivity contribution >= 4 is 34.5 Å². The van der Waals surface area contributed by atoms with Crippen LogP contribution in [0, 0.1) is 5.92 Å². The highest BCUT2D eigenvalue weighted by Gasteiger charge is 2.31. The monoisotopic (exact) mass is 490 g/mol. The van der Waals surface area contributed by atoms with Crippen LogP contribution in [0.15, 0.2) is 36.7 Å². The van der Waals surface area contributed by atoms with Crippen LogP contribution >= 0.6 is 0 Å². The molecular formula is C25H30N8O3. The Morgan fingerprint density at radius 3 is 2.78 bits per heavy atom. The van der Waals surface area contributed by atoms with E-state index in [0.29, 0.717) is 62.5 Å². The molecule has 0 atom stereocenters. The molecule has 3 N–H and O–H groups in total. The summed E-state index contributed by atoms with van der Waals surface area (Å²) in [6.07, 6.45) is 3.77. The van der Waals surface area contributed by atoms with Crippen LogP contribution in [-0.4, -0.2) is 95.1 Å². The minimum absolute atomic E-state index is 0.173. The summed E-state index contributed by atoms with van der Waals surface area (Å²) in [6, 6.07) is 7.61. The van der Waals surface area contributed by atoms with E-state index in [1.165, 1.54) is 0 Å². The minimum atomic E-state index is -0.416. The molecule has 11 nitrogen and oxygen atoms in total. The third-order valence-electron chi connectivity index (χ3n) is 7.21. The number of primary amides is 1. The van der Waals surface area contributed by atoms with Crippen molar-refractivity contribution in [3.63, 3.8) is 0 Å². The van der Waals surface area contributed by atoms with Gasteiger partial charge in [0.1, 0.15) is 6.61 Å². The summed E-state index contributed by atoms with van der Waals surface area (Å²) in [4.78, 5) is 39.7. The van der Waals surface area contributed by atoms with Gasteiger partial charge < -0.3 is 30.2 Å². The van der Waals surface area contributed by atoms with Gasteiger partial charge in [0.25, 0.3) is 0 Å². The van der Waals surface area contributed by atoms with E-state index in [-0.39, 0.29) is 5.91 Å². The van der Waals surface area contributed by atoms with Crippen LogP contribution in [0.5, 0.6) is 5.75 Å². The van der Waals surface area contributed by atoms with Gasteiger partial charge in [-0.05, 0) is 23.6 Å². The molecule has 0 bridgehead atoms. The van der Waals surface area contributed by atoms with Crippen molar-refractivity contribution in [1.82, 2.24) is 24.3 Å². The molecule has 36 heavy (non-hydrogen) atoms. The van der Waals surface area contributed by atoms with Crippen molar-refractivity contribution in [2.45, 2.75) is 6.54 Å². The topological polar surface area (TPSA) is 122 Å². The number of carbonyl (C=O) groups excluding carboxylic acids is 2. The molecule has 2 saturated heterocycles. The molecule has 0 spiro atoms. The number of ether oxygens (including phenoxy) is 1. The second kappa shape index (κ2) is 9.30. The molecule has 1 aromatic carbocycles. The van der Waals surface area contributed by atoms with Gasteiger partial charge in [0, 0.05) is 69.0 Å². The predicted molar refractivity (Wildman–Crippen MR) is 135 cm³/mol. The van der Waals surface area contributed by atoms with Crippen LogP contribution in [0.3, 0.4) is 0 Å². The normalized spacial score (nSPS) is 18.3. The average molecular weight is 491 g/mol. The minimum Gasteiger partial charge on any atom is -0.486 e. The zero-order valence-electron chi connectivity index (χ0n) is 20.1. The van der Waals surface area contributed by atoms with Gasteiger partial charge in [-0.2, -0.15) is 4.98 Å². The fourth-order valence-electron chi connectivity index (χ4n) is 5.22. The molecule has 0 saturated carbocycles. The van der Waals surface area contributed by atoms with Crippen LogP contribution < -0.4 is 20.7 Å². The summed E-state index contributed by atoms with van der Waals surface area (Å²) < 4.78 is 7.73. The SMILES string of the molecule is NC(=O)c1ccc2ccn(CC3CN(CC(=O)N4CCN(c5ncc6c(n5)NCCO6)CC4)C3)c2c1. The Hall–Kier alpha value is -3.86. The maximum Gasteiger partial charge on any atom is 0.248 e. The standard InChI is InChI=1S/C25H30N8O3/c26-23(35)19-2-1-18-3-5-33(20(18)11-19)15-17-13-30(14-17)16-22(34)31-6-8-32(9-7-31)25-28-12-21-24(29-25)27-4-10-36-21/h1-3,5,11-12,17H,4,6-10,13-16H2,(H2,26,35)(H,27,28,29). The first-order chi connectivity index (χ1) is 17.5. The molecule has 6 rings (SSSR count). The first kappa shape index (κ1) is 22.6. The quantitative estimate of drug-likeness (QED) is 0.516. The lowest BCUT2D eigenvalue weighted by Gasteiger charge is -2.41. The van der Waals surface area contributed by atoms with Gasteiger partial charge in [-0.25, -0.2) is 4.98 Å². The van der Waals surface area contributed by atoms with Crippen molar-refractivity contribution in [2.75, 3.05) is 69.2 Å². The number of rotatable bonds is 6. The van der Waals surface area contributed by atoms with E-state index < -0.39 is 5.91 Å². The molecule has 188 valence electrons. The second-order valence-electron chi connectivity index (χ2n) is 9.69. The Labute approximate surface area is 208 Å². The second-order valence-corrected chi connectivity index (χ2v) is 9.69. The van der Waals surface area contributed by atoms with E-state index in [4.69, 9.17) is 10.5 Å². The molecule has 0 aliphatic carbocycles. The smallest absolute Gasteiger partial charge is 0.248 e. The lowest BCUT2D eigenvalue weighted by Crippen LogP contribution is -2.55. The van der Waals surface area contributed by atoms with Crippen LogP contribution in [-0.2, 0) is 11.3 Å². The Kier molecular flexibility index (Phi) is 5.84. The van der Waals surface area contributed by atoms with E-state index in [0.717, 1.165) is 42.9 Å². The number of hydrogen-bond donors (Lipinski definition) is 2. The van der Waals surface area contributed by atoms with Crippen molar-refractivity contribution in [2.24, 2.45) is 11.7 Å². The zero-order valence-corrected chi connectivity index (χ0v) is 20.1. The first-order valence-corrected chi connectivity index (χ1v) is 12.4. The van der Waals surface area contributed by atoms with Gasteiger partial charge in [-0.3, -0.25) is 14.5 Å². The van der Waals surface area contributed by atoms with Crippen molar-refractivity contribution in [3.05, 3.63) is 42.2 Å². The number of nitrogens with two attached hydrogens (primary N) is 1. The number of carbonyl (C=O) groups is 2. The molecule has 0 unspecified atom stereocenters. The maximum absolute atomic E-state index is 12.9. The molecule has 11 heteroatoms. The van der Waals surface area contributed by atoms with Crippen molar-refractivity contribution < 1.29 is 14.3 Å². The molecular weight excluding hydrogens is 460 g/mol. The largest absolute Gasteiger partial charge is 0.486 e. The van der Waals surface area contributed by atoms with E-state index in [9.17, 15) is 9.59 Å². The van der Waals surface area contributed by atoms with Gasteiger partial charge in [0.05, 0.1) is 19.3 Å². The van der Waals surface area contributed by atoms with Gasteiger partial charge in [0.15, 0.2) is 11.6 Å². The number of nitrogens with zero attached hydrogens (tertiary/aromatic N) is 6. The van der Waals surface area contributed by atoms with Crippen LogP contribution in [0.2, 0.25) is 0 Å². The van der Waals surface area contributed by atoms with Gasteiger partial charge in [-0.15, -0.1) is 0 Å². The van der Waals surface area contributed by atoms with Gasteiger partial charge in [-0.1, -0.05) is 6.07 Å². The highest BCUT2D eigenvalue weighted by molar-refractivity contribution is 5.97. The Bertz CT molecular complexity index is 1290. The number of likely N-dealkylation sites (tertiary alicyclic amines) is 1. The Morgan fingerprint density at radius 1 is 1.14 bits per heavy atom.